The van der Waals surface area contributed by atoms with Crippen LogP contribution in [-0.4, -0.2) is 18.5 Å². The Kier molecular flexibility index (Phi) is 2.23. The minimum atomic E-state index is 1.11. The summed E-state index contributed by atoms with van der Waals surface area (Å²) in [5.41, 5.74) is 4.19. The molecule has 13 heavy (non-hydrogen) atoms. The van der Waals surface area contributed by atoms with E-state index < -0.39 is 0 Å². The normalized spacial score (nSPS) is 15.8. The SMILES string of the molecule is CCN1Cc2ccc(NC)cc2C1. The molecule has 0 radical (unpaired) electrons. The van der Waals surface area contributed by atoms with Crippen LogP contribution in [0.1, 0.15) is 18.1 Å². The van der Waals surface area contributed by atoms with Crippen LogP contribution in [0.3, 0.4) is 0 Å². The first-order chi connectivity index (χ1) is 6.33. The molecular formula is C11H16N2. The second kappa shape index (κ2) is 3.38. The molecule has 0 fully saturated rings. The lowest BCUT2D eigenvalue weighted by Crippen LogP contribution is -2.14. The van der Waals surface area contributed by atoms with Crippen LogP contribution in [0.15, 0.2) is 18.2 Å². The Morgan fingerprint density at radius 2 is 2.08 bits per heavy atom. The summed E-state index contributed by atoms with van der Waals surface area (Å²) in [4.78, 5) is 2.45. The highest BCUT2D eigenvalue weighted by molar-refractivity contribution is 5.49. The number of rotatable bonds is 2. The predicted octanol–water partition coefficient (Wildman–Crippen LogP) is 2.06. The maximum Gasteiger partial charge on any atom is 0.0341 e. The highest BCUT2D eigenvalue weighted by Crippen LogP contribution is 2.24. The molecule has 1 aliphatic rings. The van der Waals surface area contributed by atoms with Crippen molar-refractivity contribution in [3.8, 4) is 0 Å². The van der Waals surface area contributed by atoms with Gasteiger partial charge in [0.2, 0.25) is 0 Å². The zero-order valence-electron chi connectivity index (χ0n) is 8.30. The van der Waals surface area contributed by atoms with Gasteiger partial charge in [0, 0.05) is 25.8 Å². The predicted molar refractivity (Wildman–Crippen MR) is 55.8 cm³/mol. The van der Waals surface area contributed by atoms with Crippen LogP contribution in [0.25, 0.3) is 0 Å². The Morgan fingerprint density at radius 1 is 1.31 bits per heavy atom. The van der Waals surface area contributed by atoms with Crippen LogP contribution in [0.4, 0.5) is 5.69 Å². The quantitative estimate of drug-likeness (QED) is 0.742. The molecule has 1 aromatic rings. The number of anilines is 1. The fraction of sp³-hybridized carbons (Fsp3) is 0.455. The van der Waals surface area contributed by atoms with Crippen molar-refractivity contribution in [2.24, 2.45) is 0 Å². The monoisotopic (exact) mass is 176 g/mol. The summed E-state index contributed by atoms with van der Waals surface area (Å²) in [6.07, 6.45) is 0. The molecule has 0 bridgehead atoms. The second-order valence-corrected chi connectivity index (χ2v) is 3.54. The van der Waals surface area contributed by atoms with Gasteiger partial charge in [0.15, 0.2) is 0 Å². The molecule has 2 heteroatoms. The van der Waals surface area contributed by atoms with Gasteiger partial charge >= 0.3 is 0 Å². The molecule has 2 nitrogen and oxygen atoms in total. The van der Waals surface area contributed by atoms with Crippen LogP contribution in [-0.2, 0) is 13.1 Å². The smallest absolute Gasteiger partial charge is 0.0341 e. The van der Waals surface area contributed by atoms with Gasteiger partial charge in [-0.2, -0.15) is 0 Å². The van der Waals surface area contributed by atoms with Crippen molar-refractivity contribution >= 4 is 5.69 Å². The Hall–Kier alpha value is -1.02. The van der Waals surface area contributed by atoms with Crippen molar-refractivity contribution in [2.45, 2.75) is 20.0 Å². The average Bonchev–Trinajstić information content (AvgIpc) is 2.58. The number of fused-ring (bicyclic) bond motifs is 1. The molecule has 0 saturated carbocycles. The molecule has 2 rings (SSSR count). The summed E-state index contributed by atoms with van der Waals surface area (Å²) in [5.74, 6) is 0. The van der Waals surface area contributed by atoms with Crippen molar-refractivity contribution in [2.75, 3.05) is 18.9 Å². The van der Waals surface area contributed by atoms with E-state index in [-0.39, 0.29) is 0 Å². The van der Waals surface area contributed by atoms with E-state index in [1.807, 2.05) is 7.05 Å². The molecule has 0 atom stereocenters. The van der Waals surface area contributed by atoms with Gasteiger partial charge in [-0.05, 0) is 29.8 Å². The first-order valence-electron chi connectivity index (χ1n) is 4.85. The molecule has 0 saturated heterocycles. The molecule has 70 valence electrons. The fourth-order valence-electron chi connectivity index (χ4n) is 1.84. The van der Waals surface area contributed by atoms with E-state index in [9.17, 15) is 0 Å². The molecule has 0 aromatic heterocycles. The van der Waals surface area contributed by atoms with E-state index in [4.69, 9.17) is 0 Å². The maximum atomic E-state index is 3.17. The lowest BCUT2D eigenvalue weighted by Gasteiger charge is -2.09. The van der Waals surface area contributed by atoms with Crippen molar-refractivity contribution in [3.63, 3.8) is 0 Å². The molecule has 0 spiro atoms. The summed E-state index contributed by atoms with van der Waals surface area (Å²) >= 11 is 0. The van der Waals surface area contributed by atoms with Gasteiger partial charge in [0.1, 0.15) is 0 Å². The minimum absolute atomic E-state index is 1.11. The maximum absolute atomic E-state index is 3.17. The second-order valence-electron chi connectivity index (χ2n) is 3.54. The molecule has 0 unspecified atom stereocenters. The molecule has 0 aliphatic carbocycles. The van der Waals surface area contributed by atoms with Crippen LogP contribution in [0, 0.1) is 0 Å². The Bertz CT molecular complexity index is 307. The van der Waals surface area contributed by atoms with Crippen LogP contribution in [0.2, 0.25) is 0 Å². The number of benzene rings is 1. The van der Waals surface area contributed by atoms with Crippen LogP contribution < -0.4 is 5.32 Å². The standard InChI is InChI=1S/C11H16N2/c1-3-13-7-9-4-5-11(12-2)6-10(9)8-13/h4-6,12H,3,7-8H2,1-2H3. The van der Waals surface area contributed by atoms with Crippen LogP contribution in [0.5, 0.6) is 0 Å². The van der Waals surface area contributed by atoms with Gasteiger partial charge in [-0.15, -0.1) is 0 Å². The van der Waals surface area contributed by atoms with Gasteiger partial charge in [-0.25, -0.2) is 0 Å². The minimum Gasteiger partial charge on any atom is -0.388 e. The fourth-order valence-corrected chi connectivity index (χ4v) is 1.84. The first kappa shape index (κ1) is 8.57. The van der Waals surface area contributed by atoms with E-state index in [0.29, 0.717) is 0 Å². The molecule has 1 heterocycles. The molecular weight excluding hydrogens is 160 g/mol. The number of nitrogens with zero attached hydrogens (tertiary/aromatic N) is 1. The Labute approximate surface area is 79.6 Å². The largest absolute Gasteiger partial charge is 0.388 e. The Morgan fingerprint density at radius 3 is 2.77 bits per heavy atom. The topological polar surface area (TPSA) is 15.3 Å². The van der Waals surface area contributed by atoms with Gasteiger partial charge in [0.05, 0.1) is 0 Å². The highest BCUT2D eigenvalue weighted by atomic mass is 15.1. The van der Waals surface area contributed by atoms with E-state index in [1.165, 1.54) is 16.8 Å². The van der Waals surface area contributed by atoms with Gasteiger partial charge in [0.25, 0.3) is 0 Å². The molecule has 1 aliphatic heterocycles. The molecule has 0 amide bonds. The lowest BCUT2D eigenvalue weighted by molar-refractivity contribution is 0.301. The molecule has 1 N–H and O–H groups in total. The lowest BCUT2D eigenvalue weighted by atomic mass is 10.1. The summed E-state index contributed by atoms with van der Waals surface area (Å²) in [5, 5.41) is 3.17. The zero-order valence-corrected chi connectivity index (χ0v) is 8.30. The van der Waals surface area contributed by atoms with E-state index in [2.05, 4.69) is 35.3 Å². The average molecular weight is 176 g/mol. The van der Waals surface area contributed by atoms with Gasteiger partial charge < -0.3 is 5.32 Å². The third-order valence-electron chi connectivity index (χ3n) is 2.73. The molecule has 1 aromatic carbocycles. The van der Waals surface area contributed by atoms with Gasteiger partial charge in [-0.1, -0.05) is 13.0 Å². The number of hydrogen-bond donors (Lipinski definition) is 1. The third kappa shape index (κ3) is 1.54. The Balaban J connectivity index is 2.25. The first-order valence-corrected chi connectivity index (χ1v) is 4.85. The summed E-state index contributed by atoms with van der Waals surface area (Å²) < 4.78 is 0. The number of nitrogens with one attached hydrogen (secondary N) is 1. The highest BCUT2D eigenvalue weighted by Gasteiger charge is 2.16. The van der Waals surface area contributed by atoms with E-state index in [1.54, 1.807) is 0 Å². The van der Waals surface area contributed by atoms with Crippen molar-refractivity contribution < 1.29 is 0 Å². The number of hydrogen-bond acceptors (Lipinski definition) is 2. The van der Waals surface area contributed by atoms with Gasteiger partial charge in [-0.3, -0.25) is 4.90 Å². The van der Waals surface area contributed by atoms with Crippen molar-refractivity contribution in [3.05, 3.63) is 29.3 Å². The summed E-state index contributed by atoms with van der Waals surface area (Å²) in [6, 6.07) is 6.64. The van der Waals surface area contributed by atoms with Crippen molar-refractivity contribution in [1.82, 2.24) is 4.90 Å². The van der Waals surface area contributed by atoms with E-state index in [0.717, 1.165) is 19.6 Å². The van der Waals surface area contributed by atoms with Crippen LogP contribution >= 0.6 is 0 Å². The van der Waals surface area contributed by atoms with E-state index >= 15 is 0 Å². The van der Waals surface area contributed by atoms with Crippen molar-refractivity contribution in [1.29, 1.82) is 0 Å². The third-order valence-corrected chi connectivity index (χ3v) is 2.73. The summed E-state index contributed by atoms with van der Waals surface area (Å²) in [7, 11) is 1.97. The zero-order chi connectivity index (χ0) is 9.26. The summed E-state index contributed by atoms with van der Waals surface area (Å²) in [6.45, 7) is 5.59.